The Kier molecular flexibility index (Phi) is 5.23. The Labute approximate surface area is 127 Å². The van der Waals surface area contributed by atoms with Crippen molar-refractivity contribution in [3.8, 4) is 0 Å². The van der Waals surface area contributed by atoms with Gasteiger partial charge in [-0.1, -0.05) is 42.5 Å². The lowest BCUT2D eigenvalue weighted by Crippen LogP contribution is -3.00. The van der Waals surface area contributed by atoms with Crippen LogP contribution in [0.2, 0.25) is 0 Å². The average molecular weight is 322 g/mol. The van der Waals surface area contributed by atoms with Crippen LogP contribution in [0.5, 0.6) is 0 Å². The molecule has 1 saturated carbocycles. The zero-order valence-electron chi connectivity index (χ0n) is 11.5. The summed E-state index contributed by atoms with van der Waals surface area (Å²) in [5.74, 6) is 0.978. The number of hydrogen-bond donors (Lipinski definition) is 1. The van der Waals surface area contributed by atoms with Crippen LogP contribution in [0.15, 0.2) is 36.4 Å². The van der Waals surface area contributed by atoms with Gasteiger partial charge in [0.2, 0.25) is 0 Å². The van der Waals surface area contributed by atoms with Crippen molar-refractivity contribution in [1.29, 1.82) is 0 Å². The van der Waals surface area contributed by atoms with Crippen LogP contribution in [-0.4, -0.2) is 12.1 Å². The summed E-state index contributed by atoms with van der Waals surface area (Å²) in [6.45, 7) is 1.34. The highest BCUT2D eigenvalue weighted by atomic mass is 79.9. The number of benzene rings is 1. The molecule has 1 aromatic rings. The van der Waals surface area contributed by atoms with Crippen LogP contribution in [0.3, 0.4) is 0 Å². The molecule has 19 heavy (non-hydrogen) atoms. The first kappa shape index (κ1) is 14.8. The Morgan fingerprint density at radius 3 is 2.79 bits per heavy atom. The van der Waals surface area contributed by atoms with E-state index in [1.54, 1.807) is 0 Å². The molecule has 1 saturated heterocycles. The van der Waals surface area contributed by atoms with E-state index in [2.05, 4.69) is 47.8 Å². The molecule has 2 fully saturated rings. The van der Waals surface area contributed by atoms with Gasteiger partial charge in [-0.15, -0.1) is 0 Å². The summed E-state index contributed by atoms with van der Waals surface area (Å²) in [7, 11) is 0. The van der Waals surface area contributed by atoms with Crippen molar-refractivity contribution in [1.82, 2.24) is 0 Å². The first-order valence-corrected chi connectivity index (χ1v) is 7.45. The molecule has 3 rings (SSSR count). The summed E-state index contributed by atoms with van der Waals surface area (Å²) < 4.78 is 0. The van der Waals surface area contributed by atoms with Crippen LogP contribution in [0, 0.1) is 5.92 Å². The molecule has 104 valence electrons. The third-order valence-corrected chi connectivity index (χ3v) is 4.92. The van der Waals surface area contributed by atoms with Crippen molar-refractivity contribution in [3.63, 3.8) is 0 Å². The summed E-state index contributed by atoms with van der Waals surface area (Å²) in [6, 6.07) is 10.7. The Morgan fingerprint density at radius 2 is 1.95 bits per heavy atom. The number of piperidine rings is 1. The highest BCUT2D eigenvalue weighted by Crippen LogP contribution is 2.39. The second-order valence-corrected chi connectivity index (χ2v) is 5.97. The van der Waals surface area contributed by atoms with Crippen molar-refractivity contribution in [2.24, 2.45) is 5.92 Å². The SMILES string of the molecule is C(=C\c1ccccc1)/C[C@]12CCC[C@H]1CCC[NH2+]2.[Br-]. The van der Waals surface area contributed by atoms with Gasteiger partial charge in [0.15, 0.2) is 0 Å². The first-order valence-electron chi connectivity index (χ1n) is 7.45. The van der Waals surface area contributed by atoms with Crippen LogP contribution in [-0.2, 0) is 0 Å². The van der Waals surface area contributed by atoms with Crippen molar-refractivity contribution >= 4 is 6.08 Å². The Balaban J connectivity index is 0.00000133. The molecule has 2 N–H and O–H groups in total. The number of quaternary nitrogens is 1. The molecule has 0 spiro atoms. The van der Waals surface area contributed by atoms with Crippen molar-refractivity contribution in [2.45, 2.75) is 44.1 Å². The van der Waals surface area contributed by atoms with Gasteiger partial charge in [0.1, 0.15) is 5.54 Å². The number of fused-ring (bicyclic) bond motifs is 1. The third kappa shape index (κ3) is 3.29. The molecule has 0 bridgehead atoms. The predicted octanol–water partition coefficient (Wildman–Crippen LogP) is -0.01000. The van der Waals surface area contributed by atoms with Crippen LogP contribution < -0.4 is 22.3 Å². The average Bonchev–Trinajstić information content (AvgIpc) is 2.84. The number of hydrogen-bond acceptors (Lipinski definition) is 0. The maximum atomic E-state index is 2.66. The molecule has 1 aliphatic carbocycles. The highest BCUT2D eigenvalue weighted by molar-refractivity contribution is 5.48. The van der Waals surface area contributed by atoms with Gasteiger partial charge in [-0.25, -0.2) is 0 Å². The van der Waals surface area contributed by atoms with E-state index in [0.29, 0.717) is 5.54 Å². The fraction of sp³-hybridized carbons (Fsp3) is 0.529. The van der Waals surface area contributed by atoms with E-state index in [4.69, 9.17) is 0 Å². The second kappa shape index (κ2) is 6.71. The minimum Gasteiger partial charge on any atom is -1.00 e. The standard InChI is InChI=1S/C17H23N.BrH/c1-2-7-15(8-3-1)9-4-12-17-13-5-10-16(17)11-6-14-18-17;/h1-4,7-9,16,18H,5-6,10-14H2;1H/b9-4+;/t16-,17-;/m0./s1. The largest absolute Gasteiger partial charge is 1.00 e. The predicted molar refractivity (Wildman–Crippen MR) is 76.2 cm³/mol. The van der Waals surface area contributed by atoms with Crippen LogP contribution in [0.25, 0.3) is 6.08 Å². The summed E-state index contributed by atoms with van der Waals surface area (Å²) >= 11 is 0. The molecule has 1 aliphatic heterocycles. The second-order valence-electron chi connectivity index (χ2n) is 5.97. The minimum absolute atomic E-state index is 0. The van der Waals surface area contributed by atoms with Gasteiger partial charge in [0, 0.05) is 18.8 Å². The Bertz CT molecular complexity index is 415. The summed E-state index contributed by atoms with van der Waals surface area (Å²) in [5.41, 5.74) is 1.89. The lowest BCUT2D eigenvalue weighted by molar-refractivity contribution is -0.741. The van der Waals surface area contributed by atoms with E-state index in [0.717, 1.165) is 5.92 Å². The molecule has 1 aromatic carbocycles. The Morgan fingerprint density at radius 1 is 1.16 bits per heavy atom. The van der Waals surface area contributed by atoms with Gasteiger partial charge in [-0.05, 0) is 31.2 Å². The van der Waals surface area contributed by atoms with E-state index < -0.39 is 0 Å². The molecule has 2 aliphatic rings. The molecule has 2 heteroatoms. The zero-order valence-corrected chi connectivity index (χ0v) is 13.1. The maximum absolute atomic E-state index is 2.66. The summed E-state index contributed by atoms with van der Waals surface area (Å²) in [6.07, 6.45) is 13.2. The van der Waals surface area contributed by atoms with Gasteiger partial charge >= 0.3 is 0 Å². The van der Waals surface area contributed by atoms with Crippen LogP contribution in [0.4, 0.5) is 0 Å². The monoisotopic (exact) mass is 321 g/mol. The topological polar surface area (TPSA) is 16.6 Å². The zero-order chi connectivity index (χ0) is 12.3. The van der Waals surface area contributed by atoms with Gasteiger partial charge < -0.3 is 22.3 Å². The molecule has 0 radical (unpaired) electrons. The van der Waals surface area contributed by atoms with Gasteiger partial charge in [-0.3, -0.25) is 0 Å². The lowest BCUT2D eigenvalue weighted by atomic mass is 9.78. The number of nitrogens with two attached hydrogens (primary N) is 1. The normalized spacial score (nSPS) is 30.0. The molecule has 1 heterocycles. The maximum Gasteiger partial charge on any atom is 0.102 e. The molecular weight excluding hydrogens is 298 g/mol. The van der Waals surface area contributed by atoms with E-state index in [-0.39, 0.29) is 17.0 Å². The third-order valence-electron chi connectivity index (χ3n) is 4.92. The smallest absolute Gasteiger partial charge is 0.102 e. The first-order chi connectivity index (χ1) is 8.89. The Hall–Kier alpha value is -0.600. The molecule has 0 amide bonds. The summed E-state index contributed by atoms with van der Waals surface area (Å²) in [4.78, 5) is 0. The molecule has 1 nitrogen and oxygen atoms in total. The fourth-order valence-electron chi connectivity index (χ4n) is 3.95. The van der Waals surface area contributed by atoms with Crippen LogP contribution >= 0.6 is 0 Å². The van der Waals surface area contributed by atoms with E-state index in [9.17, 15) is 0 Å². The molecule has 0 aromatic heterocycles. The number of rotatable bonds is 3. The minimum atomic E-state index is 0. The van der Waals surface area contributed by atoms with Gasteiger partial charge in [-0.2, -0.15) is 0 Å². The van der Waals surface area contributed by atoms with Gasteiger partial charge in [0.05, 0.1) is 6.54 Å². The van der Waals surface area contributed by atoms with E-state index in [1.807, 2.05) is 0 Å². The number of halogens is 1. The van der Waals surface area contributed by atoms with Gasteiger partial charge in [0.25, 0.3) is 0 Å². The fourth-order valence-corrected chi connectivity index (χ4v) is 3.95. The molecular formula is C17H24BrN. The van der Waals surface area contributed by atoms with Crippen molar-refractivity contribution in [3.05, 3.63) is 42.0 Å². The van der Waals surface area contributed by atoms with Crippen LogP contribution in [0.1, 0.15) is 44.1 Å². The lowest BCUT2D eigenvalue weighted by Gasteiger charge is -2.36. The van der Waals surface area contributed by atoms with E-state index in [1.165, 1.54) is 50.6 Å². The highest BCUT2D eigenvalue weighted by Gasteiger charge is 2.46. The van der Waals surface area contributed by atoms with E-state index >= 15 is 0 Å². The summed E-state index contributed by atoms with van der Waals surface area (Å²) in [5, 5.41) is 2.66. The van der Waals surface area contributed by atoms with Crippen molar-refractivity contribution in [2.75, 3.05) is 6.54 Å². The molecule has 0 unspecified atom stereocenters. The van der Waals surface area contributed by atoms with Crippen molar-refractivity contribution < 1.29 is 22.3 Å². The molecule has 2 atom stereocenters. The quantitative estimate of drug-likeness (QED) is 0.806.